The number of aliphatic carboxylic acids is 1. The third-order valence-corrected chi connectivity index (χ3v) is 3.94. The van der Waals surface area contributed by atoms with E-state index in [0.29, 0.717) is 0 Å². The van der Waals surface area contributed by atoms with Crippen LogP contribution < -0.4 is 14.8 Å². The largest absolute Gasteiger partial charge is 0.490 e. The topological polar surface area (TPSA) is 128 Å². The van der Waals surface area contributed by atoms with Crippen molar-refractivity contribution in [2.45, 2.75) is 32.7 Å². The quantitative estimate of drug-likeness (QED) is 0.512. The van der Waals surface area contributed by atoms with Crippen LogP contribution in [-0.4, -0.2) is 41.2 Å². The molecular formula is C16H22N2O7. The van der Waals surface area contributed by atoms with Crippen molar-refractivity contribution in [2.75, 3.05) is 13.7 Å². The van der Waals surface area contributed by atoms with Crippen molar-refractivity contribution in [3.8, 4) is 11.5 Å². The number of hydrogen-bond donors (Lipinski definition) is 2. The van der Waals surface area contributed by atoms with E-state index < -0.39 is 22.3 Å². The standard InChI is InChI=1S/C16H22N2O7/c1-10(2)16(3,8-15(20)21)17-14(19)9-25-11-5-6-12(18(22)23)13(7-11)24-4/h5-7,10H,8-9H2,1-4H3,(H,17,19)(H,20,21). The van der Waals surface area contributed by atoms with E-state index in [-0.39, 0.29) is 36.1 Å². The summed E-state index contributed by atoms with van der Waals surface area (Å²) in [5.41, 5.74) is -1.13. The van der Waals surface area contributed by atoms with Crippen LogP contribution in [0, 0.1) is 16.0 Å². The van der Waals surface area contributed by atoms with Gasteiger partial charge in [0.2, 0.25) is 5.75 Å². The second kappa shape index (κ2) is 8.32. The predicted octanol–water partition coefficient (Wildman–Crippen LogP) is 1.99. The summed E-state index contributed by atoms with van der Waals surface area (Å²) < 4.78 is 10.2. The second-order valence-corrected chi connectivity index (χ2v) is 6.07. The molecule has 0 aromatic heterocycles. The number of carbonyl (C=O) groups is 2. The molecule has 1 atom stereocenters. The molecule has 1 amide bonds. The number of methoxy groups -OCH3 is 1. The number of benzene rings is 1. The molecule has 1 aromatic carbocycles. The molecular weight excluding hydrogens is 332 g/mol. The van der Waals surface area contributed by atoms with E-state index in [1.807, 2.05) is 13.8 Å². The first-order valence-corrected chi connectivity index (χ1v) is 7.57. The van der Waals surface area contributed by atoms with E-state index in [0.717, 1.165) is 0 Å². The molecule has 0 bridgehead atoms. The van der Waals surface area contributed by atoms with Crippen LogP contribution in [0.3, 0.4) is 0 Å². The van der Waals surface area contributed by atoms with Crippen molar-refractivity contribution in [2.24, 2.45) is 5.92 Å². The first-order chi connectivity index (χ1) is 11.6. The zero-order chi connectivity index (χ0) is 19.2. The van der Waals surface area contributed by atoms with Gasteiger partial charge in [-0.1, -0.05) is 13.8 Å². The summed E-state index contributed by atoms with van der Waals surface area (Å²) in [5.74, 6) is -1.37. The Bertz CT molecular complexity index is 660. The van der Waals surface area contributed by atoms with Gasteiger partial charge in [-0.05, 0) is 18.9 Å². The molecule has 0 radical (unpaired) electrons. The number of nitrogens with zero attached hydrogens (tertiary/aromatic N) is 1. The van der Waals surface area contributed by atoms with E-state index in [4.69, 9.17) is 14.6 Å². The lowest BCUT2D eigenvalue weighted by Crippen LogP contribution is -2.52. The van der Waals surface area contributed by atoms with Crippen LogP contribution in [0.15, 0.2) is 18.2 Å². The minimum Gasteiger partial charge on any atom is -0.490 e. The van der Waals surface area contributed by atoms with Crippen molar-refractivity contribution in [1.29, 1.82) is 0 Å². The fraction of sp³-hybridized carbons (Fsp3) is 0.500. The van der Waals surface area contributed by atoms with Gasteiger partial charge in [-0.25, -0.2) is 0 Å². The maximum atomic E-state index is 12.1. The highest BCUT2D eigenvalue weighted by Crippen LogP contribution is 2.30. The van der Waals surface area contributed by atoms with E-state index >= 15 is 0 Å². The van der Waals surface area contributed by atoms with E-state index in [2.05, 4.69) is 5.32 Å². The summed E-state index contributed by atoms with van der Waals surface area (Å²) in [5, 5.41) is 22.5. The third kappa shape index (κ3) is 5.63. The molecule has 0 saturated carbocycles. The third-order valence-electron chi connectivity index (χ3n) is 3.94. The molecule has 0 aliphatic rings. The van der Waals surface area contributed by atoms with Crippen molar-refractivity contribution in [3.63, 3.8) is 0 Å². The zero-order valence-electron chi connectivity index (χ0n) is 14.6. The van der Waals surface area contributed by atoms with E-state index in [1.54, 1.807) is 6.92 Å². The number of carboxylic acids is 1. The molecule has 25 heavy (non-hydrogen) atoms. The fourth-order valence-corrected chi connectivity index (χ4v) is 2.11. The maximum Gasteiger partial charge on any atom is 0.311 e. The Kier molecular flexibility index (Phi) is 6.72. The molecule has 0 aliphatic carbocycles. The molecule has 0 aliphatic heterocycles. The van der Waals surface area contributed by atoms with Crippen molar-refractivity contribution < 1.29 is 29.1 Å². The van der Waals surface area contributed by atoms with Crippen LogP contribution in [0.1, 0.15) is 27.2 Å². The number of nitro benzene ring substituents is 1. The first kappa shape index (κ1) is 20.2. The number of nitro groups is 1. The van der Waals surface area contributed by atoms with Gasteiger partial charge in [0, 0.05) is 12.1 Å². The van der Waals surface area contributed by atoms with Gasteiger partial charge in [-0.3, -0.25) is 19.7 Å². The highest BCUT2D eigenvalue weighted by atomic mass is 16.6. The van der Waals surface area contributed by atoms with Gasteiger partial charge in [0.15, 0.2) is 6.61 Å². The highest BCUT2D eigenvalue weighted by molar-refractivity contribution is 5.79. The summed E-state index contributed by atoms with van der Waals surface area (Å²) >= 11 is 0. The molecule has 1 unspecified atom stereocenters. The number of carboxylic acid groups (broad SMARTS) is 1. The molecule has 9 nitrogen and oxygen atoms in total. The highest BCUT2D eigenvalue weighted by Gasteiger charge is 2.32. The van der Waals surface area contributed by atoms with Crippen LogP contribution in [0.2, 0.25) is 0 Å². The molecule has 2 N–H and O–H groups in total. The Hall–Kier alpha value is -2.84. The molecule has 0 heterocycles. The lowest BCUT2D eigenvalue weighted by atomic mass is 9.85. The van der Waals surface area contributed by atoms with Crippen LogP contribution in [0.4, 0.5) is 5.69 Å². The Balaban J connectivity index is 2.76. The summed E-state index contributed by atoms with van der Waals surface area (Å²) in [7, 11) is 1.29. The smallest absolute Gasteiger partial charge is 0.311 e. The average molecular weight is 354 g/mol. The van der Waals surface area contributed by atoms with Gasteiger partial charge in [0.25, 0.3) is 5.91 Å². The predicted molar refractivity (Wildman–Crippen MR) is 88.8 cm³/mol. The molecule has 0 spiro atoms. The Labute approximate surface area is 145 Å². The van der Waals surface area contributed by atoms with Gasteiger partial charge in [-0.2, -0.15) is 0 Å². The summed E-state index contributed by atoms with van der Waals surface area (Å²) in [6.07, 6.45) is -0.220. The van der Waals surface area contributed by atoms with E-state index in [1.165, 1.54) is 25.3 Å². The molecule has 0 fully saturated rings. The summed E-state index contributed by atoms with van der Waals surface area (Å²) in [6.45, 7) is 4.91. The number of ether oxygens (including phenoxy) is 2. The van der Waals surface area contributed by atoms with Crippen LogP contribution in [0.25, 0.3) is 0 Å². The van der Waals surface area contributed by atoms with Gasteiger partial charge < -0.3 is 19.9 Å². The fourth-order valence-electron chi connectivity index (χ4n) is 2.11. The Morgan fingerprint density at radius 1 is 1.40 bits per heavy atom. The van der Waals surface area contributed by atoms with Gasteiger partial charge in [0.05, 0.1) is 24.0 Å². The van der Waals surface area contributed by atoms with Crippen molar-refractivity contribution >= 4 is 17.6 Å². The minimum atomic E-state index is -1.02. The molecule has 1 rings (SSSR count). The summed E-state index contributed by atoms with van der Waals surface area (Å²) in [6, 6.07) is 3.88. The first-order valence-electron chi connectivity index (χ1n) is 7.57. The Morgan fingerprint density at radius 3 is 2.52 bits per heavy atom. The van der Waals surface area contributed by atoms with Gasteiger partial charge in [0.1, 0.15) is 5.75 Å². The number of carbonyl (C=O) groups excluding carboxylic acids is 1. The van der Waals surface area contributed by atoms with Crippen LogP contribution in [0.5, 0.6) is 11.5 Å². The number of rotatable bonds is 9. The van der Waals surface area contributed by atoms with Gasteiger partial charge >= 0.3 is 11.7 Å². The SMILES string of the molecule is COc1cc(OCC(=O)NC(C)(CC(=O)O)C(C)C)ccc1[N+](=O)[O-]. The number of hydrogen-bond acceptors (Lipinski definition) is 6. The molecule has 138 valence electrons. The van der Waals surface area contributed by atoms with Crippen LogP contribution >= 0.6 is 0 Å². The maximum absolute atomic E-state index is 12.1. The summed E-state index contributed by atoms with van der Waals surface area (Å²) in [4.78, 5) is 33.3. The second-order valence-electron chi connectivity index (χ2n) is 6.07. The number of nitrogens with one attached hydrogen (secondary N) is 1. The van der Waals surface area contributed by atoms with Crippen LogP contribution in [-0.2, 0) is 9.59 Å². The van der Waals surface area contributed by atoms with Crippen molar-refractivity contribution in [1.82, 2.24) is 5.32 Å². The zero-order valence-corrected chi connectivity index (χ0v) is 14.6. The normalized spacial score (nSPS) is 13.0. The van der Waals surface area contributed by atoms with Gasteiger partial charge in [-0.15, -0.1) is 0 Å². The molecule has 0 saturated heterocycles. The monoisotopic (exact) mass is 354 g/mol. The van der Waals surface area contributed by atoms with Crippen molar-refractivity contribution in [3.05, 3.63) is 28.3 Å². The lowest BCUT2D eigenvalue weighted by Gasteiger charge is -2.33. The Morgan fingerprint density at radius 2 is 2.04 bits per heavy atom. The molecule has 9 heteroatoms. The molecule has 1 aromatic rings. The van der Waals surface area contributed by atoms with E-state index in [9.17, 15) is 19.7 Å². The number of amides is 1. The average Bonchev–Trinajstić information content (AvgIpc) is 2.51. The minimum absolute atomic E-state index is 0.0146. The lowest BCUT2D eigenvalue weighted by molar-refractivity contribution is -0.385.